The highest BCUT2D eigenvalue weighted by atomic mass is 32.1. The molecule has 2 aliphatic rings. The minimum Gasteiger partial charge on any atom is -0.393 e. The van der Waals surface area contributed by atoms with Gasteiger partial charge >= 0.3 is 0 Å². The van der Waals surface area contributed by atoms with E-state index in [1.807, 2.05) is 6.20 Å². The largest absolute Gasteiger partial charge is 0.393 e. The molecule has 29 heavy (non-hydrogen) atoms. The van der Waals surface area contributed by atoms with Crippen LogP contribution in [0.15, 0.2) is 23.8 Å². The van der Waals surface area contributed by atoms with E-state index in [-0.39, 0.29) is 6.10 Å². The maximum atomic E-state index is 9.77. The van der Waals surface area contributed by atoms with Crippen molar-refractivity contribution in [3.8, 4) is 0 Å². The molecular formula is C21H28N6OS. The van der Waals surface area contributed by atoms with Crippen molar-refractivity contribution in [3.05, 3.63) is 35.2 Å². The summed E-state index contributed by atoms with van der Waals surface area (Å²) in [5.41, 5.74) is 2.15. The van der Waals surface area contributed by atoms with E-state index in [2.05, 4.69) is 38.1 Å². The smallest absolute Gasteiger partial charge is 0.148 e. The third-order valence-electron chi connectivity index (χ3n) is 6.05. The Morgan fingerprint density at radius 3 is 2.93 bits per heavy atom. The Labute approximate surface area is 174 Å². The van der Waals surface area contributed by atoms with Crippen molar-refractivity contribution in [1.29, 1.82) is 0 Å². The Hall–Kier alpha value is -2.03. The van der Waals surface area contributed by atoms with Crippen molar-refractivity contribution < 1.29 is 5.11 Å². The molecule has 7 nitrogen and oxygen atoms in total. The van der Waals surface area contributed by atoms with E-state index >= 15 is 0 Å². The molecule has 154 valence electrons. The Morgan fingerprint density at radius 1 is 1.21 bits per heavy atom. The number of thiophene rings is 1. The summed E-state index contributed by atoms with van der Waals surface area (Å²) < 4.78 is 3.21. The predicted molar refractivity (Wildman–Crippen MR) is 115 cm³/mol. The highest BCUT2D eigenvalue weighted by Gasteiger charge is 2.21. The Bertz CT molecular complexity index is 955. The fourth-order valence-corrected chi connectivity index (χ4v) is 5.20. The van der Waals surface area contributed by atoms with Crippen LogP contribution in [-0.4, -0.2) is 50.1 Å². The second-order valence-electron chi connectivity index (χ2n) is 8.28. The summed E-state index contributed by atoms with van der Waals surface area (Å²) in [6, 6.07) is 2.88. The van der Waals surface area contributed by atoms with Gasteiger partial charge in [-0.25, -0.2) is 9.97 Å². The third-order valence-corrected chi connectivity index (χ3v) is 6.96. The van der Waals surface area contributed by atoms with Crippen LogP contribution in [0.25, 0.3) is 10.2 Å². The van der Waals surface area contributed by atoms with Gasteiger partial charge in [0.25, 0.3) is 0 Å². The molecule has 1 saturated carbocycles. The zero-order chi connectivity index (χ0) is 19.6. The molecule has 1 aliphatic heterocycles. The molecule has 3 aromatic rings. The molecule has 0 aromatic carbocycles. The molecule has 0 radical (unpaired) electrons. The van der Waals surface area contributed by atoms with E-state index in [9.17, 15) is 5.11 Å². The zero-order valence-electron chi connectivity index (χ0n) is 16.5. The van der Waals surface area contributed by atoms with Gasteiger partial charge in [-0.1, -0.05) is 0 Å². The molecule has 2 fully saturated rings. The molecule has 4 heterocycles. The lowest BCUT2D eigenvalue weighted by Gasteiger charge is -2.26. The highest BCUT2D eigenvalue weighted by Crippen LogP contribution is 2.29. The van der Waals surface area contributed by atoms with Crippen LogP contribution in [0, 0.1) is 0 Å². The molecule has 3 N–H and O–H groups in total. The van der Waals surface area contributed by atoms with Crippen LogP contribution in [0.2, 0.25) is 0 Å². The topological polar surface area (TPSA) is 87.9 Å². The second-order valence-corrected chi connectivity index (χ2v) is 9.19. The maximum absolute atomic E-state index is 9.77. The van der Waals surface area contributed by atoms with Gasteiger partial charge in [0.2, 0.25) is 0 Å². The molecule has 1 atom stereocenters. The lowest BCUT2D eigenvalue weighted by atomic mass is 9.93. The molecule has 3 aromatic heterocycles. The summed E-state index contributed by atoms with van der Waals surface area (Å²) in [7, 11) is 0. The van der Waals surface area contributed by atoms with Crippen LogP contribution in [0.3, 0.4) is 0 Å². The molecular weight excluding hydrogens is 384 g/mol. The van der Waals surface area contributed by atoms with E-state index in [1.54, 1.807) is 11.3 Å². The number of rotatable bonds is 5. The van der Waals surface area contributed by atoms with Crippen LogP contribution in [-0.2, 0) is 6.42 Å². The number of fused-ring (bicyclic) bond motifs is 1. The van der Waals surface area contributed by atoms with Crippen molar-refractivity contribution in [3.63, 3.8) is 0 Å². The zero-order valence-corrected chi connectivity index (χ0v) is 17.4. The summed E-state index contributed by atoms with van der Waals surface area (Å²) in [5, 5.41) is 23.5. The number of anilines is 1. The first-order chi connectivity index (χ1) is 14.2. The van der Waals surface area contributed by atoms with Gasteiger partial charge in [0.05, 0.1) is 28.6 Å². The summed E-state index contributed by atoms with van der Waals surface area (Å²) in [5.74, 6) is 1.76. The number of hydrogen-bond donors (Lipinski definition) is 3. The number of nitrogens with one attached hydrogen (secondary N) is 2. The standard InChI is InChI=1S/C21H28N6OS/c28-17-5-3-15(4-6-17)24-21-20-18(7-9-29-20)25-19(26-21)10-14-11-23-27(13-14)16-2-1-8-22-12-16/h7,9,11,13,15-17,22,28H,1-6,8,10,12H2,(H,24,25,26). The third kappa shape index (κ3) is 4.29. The minimum atomic E-state index is -0.147. The van der Waals surface area contributed by atoms with Crippen molar-refractivity contribution >= 4 is 27.4 Å². The first-order valence-electron chi connectivity index (χ1n) is 10.7. The molecule has 0 amide bonds. The van der Waals surface area contributed by atoms with Crippen molar-refractivity contribution in [2.75, 3.05) is 18.4 Å². The fraction of sp³-hybridized carbons (Fsp3) is 0.571. The Kier molecular flexibility index (Phi) is 5.48. The maximum Gasteiger partial charge on any atom is 0.148 e. The molecule has 0 spiro atoms. The van der Waals surface area contributed by atoms with Crippen molar-refractivity contribution in [2.24, 2.45) is 0 Å². The first kappa shape index (κ1) is 19.0. The van der Waals surface area contributed by atoms with Crippen LogP contribution < -0.4 is 10.6 Å². The second kappa shape index (κ2) is 8.38. The van der Waals surface area contributed by atoms with E-state index in [1.165, 1.54) is 12.8 Å². The summed E-state index contributed by atoms with van der Waals surface area (Å²) >= 11 is 1.68. The lowest BCUT2D eigenvalue weighted by Crippen LogP contribution is -2.31. The normalized spacial score (nSPS) is 25.3. The fourth-order valence-electron chi connectivity index (χ4n) is 4.41. The number of nitrogens with zero attached hydrogens (tertiary/aromatic N) is 4. The Balaban J connectivity index is 1.34. The number of aromatic nitrogens is 4. The molecule has 1 saturated heterocycles. The van der Waals surface area contributed by atoms with Crippen molar-refractivity contribution in [1.82, 2.24) is 25.1 Å². The molecule has 1 unspecified atom stereocenters. The van der Waals surface area contributed by atoms with Gasteiger partial charge in [-0.3, -0.25) is 4.68 Å². The van der Waals surface area contributed by atoms with Gasteiger partial charge in [-0.2, -0.15) is 5.10 Å². The lowest BCUT2D eigenvalue weighted by molar-refractivity contribution is 0.126. The van der Waals surface area contributed by atoms with Gasteiger partial charge in [0.1, 0.15) is 11.6 Å². The van der Waals surface area contributed by atoms with Gasteiger partial charge in [0, 0.05) is 25.2 Å². The summed E-state index contributed by atoms with van der Waals surface area (Å²) in [6.45, 7) is 2.09. The monoisotopic (exact) mass is 412 g/mol. The van der Waals surface area contributed by atoms with E-state index < -0.39 is 0 Å². The highest BCUT2D eigenvalue weighted by molar-refractivity contribution is 7.17. The van der Waals surface area contributed by atoms with Crippen LogP contribution in [0.4, 0.5) is 5.82 Å². The van der Waals surface area contributed by atoms with Crippen LogP contribution in [0.1, 0.15) is 56.0 Å². The Morgan fingerprint density at radius 2 is 2.10 bits per heavy atom. The molecule has 8 heteroatoms. The first-order valence-corrected chi connectivity index (χ1v) is 11.5. The van der Waals surface area contributed by atoms with Gasteiger partial charge in [0.15, 0.2) is 0 Å². The minimum absolute atomic E-state index is 0.147. The average molecular weight is 413 g/mol. The average Bonchev–Trinajstić information content (AvgIpc) is 3.40. The van der Waals surface area contributed by atoms with Gasteiger partial charge in [-0.05, 0) is 62.1 Å². The quantitative estimate of drug-likeness (QED) is 0.597. The van der Waals surface area contributed by atoms with Gasteiger partial charge < -0.3 is 15.7 Å². The van der Waals surface area contributed by atoms with E-state index in [4.69, 9.17) is 9.97 Å². The number of piperidine rings is 1. The summed E-state index contributed by atoms with van der Waals surface area (Å²) in [4.78, 5) is 9.67. The predicted octanol–water partition coefficient (Wildman–Crippen LogP) is 3.12. The van der Waals surface area contributed by atoms with Crippen molar-refractivity contribution in [2.45, 2.75) is 63.1 Å². The van der Waals surface area contributed by atoms with Gasteiger partial charge in [-0.15, -0.1) is 11.3 Å². The molecule has 0 bridgehead atoms. The SMILES string of the molecule is OC1CCC(Nc2nc(Cc3cnn(C4CCCNC4)c3)nc3ccsc23)CC1. The number of hydrogen-bond acceptors (Lipinski definition) is 7. The number of aliphatic hydroxyl groups is 1. The summed E-state index contributed by atoms with van der Waals surface area (Å²) in [6.07, 6.45) is 10.7. The molecule has 5 rings (SSSR count). The van der Waals surface area contributed by atoms with E-state index in [0.29, 0.717) is 18.5 Å². The van der Waals surface area contributed by atoms with Crippen LogP contribution >= 0.6 is 11.3 Å². The van der Waals surface area contributed by atoms with Crippen LogP contribution in [0.5, 0.6) is 0 Å². The van der Waals surface area contributed by atoms with E-state index in [0.717, 1.165) is 66.2 Å². The molecule has 1 aliphatic carbocycles. The number of aliphatic hydroxyl groups excluding tert-OH is 1.